The van der Waals surface area contributed by atoms with Gasteiger partial charge in [-0.1, -0.05) is 12.1 Å². The molecule has 18 heavy (non-hydrogen) atoms. The van der Waals surface area contributed by atoms with Crippen LogP contribution in [0.25, 0.3) is 11.4 Å². The minimum Gasteiger partial charge on any atom is -0.342 e. The van der Waals surface area contributed by atoms with Gasteiger partial charge in [0.05, 0.1) is 0 Å². The highest BCUT2D eigenvalue weighted by molar-refractivity contribution is 5.90. The molecule has 0 aliphatic carbocycles. The van der Waals surface area contributed by atoms with Crippen LogP contribution in [0, 0.1) is 12.7 Å². The highest BCUT2D eigenvalue weighted by Crippen LogP contribution is 2.18. The van der Waals surface area contributed by atoms with E-state index in [0.29, 0.717) is 17.0 Å². The summed E-state index contributed by atoms with van der Waals surface area (Å²) in [7, 11) is 3.24. The number of rotatable bonds is 2. The molecule has 0 bridgehead atoms. The number of aryl methyl sites for hydroxylation is 1. The summed E-state index contributed by atoms with van der Waals surface area (Å²) < 4.78 is 13.4. The van der Waals surface area contributed by atoms with Crippen molar-refractivity contribution in [1.82, 2.24) is 20.1 Å². The molecule has 0 spiro atoms. The SMILES string of the molecule is Cc1ccc(-c2n[nH]c(C(=O)N(C)C)n2)cc1F. The van der Waals surface area contributed by atoms with Crippen LogP contribution < -0.4 is 0 Å². The van der Waals surface area contributed by atoms with Crippen molar-refractivity contribution in [2.75, 3.05) is 14.1 Å². The van der Waals surface area contributed by atoms with E-state index in [-0.39, 0.29) is 17.5 Å². The normalized spacial score (nSPS) is 10.4. The Morgan fingerprint density at radius 1 is 1.39 bits per heavy atom. The van der Waals surface area contributed by atoms with E-state index in [1.54, 1.807) is 33.2 Å². The minimum absolute atomic E-state index is 0.135. The quantitative estimate of drug-likeness (QED) is 0.878. The van der Waals surface area contributed by atoms with Gasteiger partial charge in [0.15, 0.2) is 5.82 Å². The molecule has 2 rings (SSSR count). The van der Waals surface area contributed by atoms with Crippen molar-refractivity contribution in [3.05, 3.63) is 35.4 Å². The smallest absolute Gasteiger partial charge is 0.290 e. The summed E-state index contributed by atoms with van der Waals surface area (Å²) in [5.74, 6) is -0.158. The molecule has 0 aliphatic rings. The van der Waals surface area contributed by atoms with Gasteiger partial charge >= 0.3 is 0 Å². The molecule has 0 saturated heterocycles. The average molecular weight is 248 g/mol. The maximum Gasteiger partial charge on any atom is 0.290 e. The number of aromatic amines is 1. The highest BCUT2D eigenvalue weighted by Gasteiger charge is 2.15. The van der Waals surface area contributed by atoms with E-state index in [1.807, 2.05) is 0 Å². The first-order valence-electron chi connectivity index (χ1n) is 5.39. The Hall–Kier alpha value is -2.24. The van der Waals surface area contributed by atoms with E-state index in [4.69, 9.17) is 0 Å². The van der Waals surface area contributed by atoms with Crippen molar-refractivity contribution in [1.29, 1.82) is 0 Å². The maximum absolute atomic E-state index is 13.4. The van der Waals surface area contributed by atoms with Gasteiger partial charge in [-0.25, -0.2) is 9.37 Å². The summed E-state index contributed by atoms with van der Waals surface area (Å²) in [5.41, 5.74) is 1.09. The molecule has 0 aliphatic heterocycles. The molecule has 0 atom stereocenters. The van der Waals surface area contributed by atoms with Crippen molar-refractivity contribution in [2.24, 2.45) is 0 Å². The Bertz CT molecular complexity index is 592. The number of hydrogen-bond donors (Lipinski definition) is 1. The summed E-state index contributed by atoms with van der Waals surface area (Å²) in [6, 6.07) is 4.71. The molecule has 0 fully saturated rings. The lowest BCUT2D eigenvalue weighted by Crippen LogP contribution is -2.22. The molecule has 1 amide bonds. The molecule has 94 valence electrons. The van der Waals surface area contributed by atoms with Gasteiger partial charge in [-0.2, -0.15) is 5.10 Å². The van der Waals surface area contributed by atoms with E-state index in [9.17, 15) is 9.18 Å². The van der Waals surface area contributed by atoms with Crippen LogP contribution in [-0.2, 0) is 0 Å². The third kappa shape index (κ3) is 2.22. The van der Waals surface area contributed by atoms with Crippen LogP contribution in [0.2, 0.25) is 0 Å². The maximum atomic E-state index is 13.4. The first kappa shape index (κ1) is 12.2. The average Bonchev–Trinajstić information content (AvgIpc) is 2.81. The van der Waals surface area contributed by atoms with Crippen LogP contribution in [-0.4, -0.2) is 40.1 Å². The zero-order chi connectivity index (χ0) is 13.3. The summed E-state index contributed by atoms with van der Waals surface area (Å²) in [6.45, 7) is 1.68. The lowest BCUT2D eigenvalue weighted by molar-refractivity contribution is 0.0816. The second kappa shape index (κ2) is 4.56. The molecular weight excluding hydrogens is 235 g/mol. The Balaban J connectivity index is 2.35. The highest BCUT2D eigenvalue weighted by atomic mass is 19.1. The first-order valence-corrected chi connectivity index (χ1v) is 5.39. The molecule has 1 aromatic carbocycles. The zero-order valence-corrected chi connectivity index (χ0v) is 10.4. The fourth-order valence-electron chi connectivity index (χ4n) is 1.43. The van der Waals surface area contributed by atoms with Gasteiger partial charge in [0, 0.05) is 19.7 Å². The number of carbonyl (C=O) groups is 1. The van der Waals surface area contributed by atoms with Gasteiger partial charge < -0.3 is 4.90 Å². The fourth-order valence-corrected chi connectivity index (χ4v) is 1.43. The van der Waals surface area contributed by atoms with Gasteiger partial charge in [-0.05, 0) is 18.6 Å². The van der Waals surface area contributed by atoms with E-state index in [1.165, 1.54) is 11.0 Å². The summed E-state index contributed by atoms with van der Waals surface area (Å²) in [6.07, 6.45) is 0. The lowest BCUT2D eigenvalue weighted by Gasteiger charge is -2.05. The van der Waals surface area contributed by atoms with E-state index in [2.05, 4.69) is 15.2 Å². The molecule has 2 aromatic rings. The Labute approximate surface area is 104 Å². The first-order chi connectivity index (χ1) is 8.49. The standard InChI is InChI=1S/C12H13FN4O/c1-7-4-5-8(6-9(7)13)10-14-11(16-15-10)12(18)17(2)3/h4-6H,1-3H3,(H,14,15,16). The largest absolute Gasteiger partial charge is 0.342 e. The molecule has 5 nitrogen and oxygen atoms in total. The number of nitrogens with one attached hydrogen (secondary N) is 1. The van der Waals surface area contributed by atoms with Gasteiger partial charge in [0.25, 0.3) is 5.91 Å². The molecule has 0 saturated carbocycles. The number of nitrogens with zero attached hydrogens (tertiary/aromatic N) is 3. The second-order valence-electron chi connectivity index (χ2n) is 4.17. The summed E-state index contributed by atoms with van der Waals surface area (Å²) >= 11 is 0. The van der Waals surface area contributed by atoms with Crippen molar-refractivity contribution < 1.29 is 9.18 Å². The zero-order valence-electron chi connectivity index (χ0n) is 10.4. The predicted octanol–water partition coefficient (Wildman–Crippen LogP) is 1.62. The number of halogens is 1. The number of carbonyl (C=O) groups excluding carboxylic acids is 1. The molecule has 1 heterocycles. The molecule has 1 N–H and O–H groups in total. The van der Waals surface area contributed by atoms with Gasteiger partial charge in [0.2, 0.25) is 5.82 Å². The molecule has 1 aromatic heterocycles. The van der Waals surface area contributed by atoms with Crippen molar-refractivity contribution >= 4 is 5.91 Å². The predicted molar refractivity (Wildman–Crippen MR) is 64.5 cm³/mol. The summed E-state index contributed by atoms with van der Waals surface area (Å²) in [4.78, 5) is 17.1. The van der Waals surface area contributed by atoms with Crippen LogP contribution >= 0.6 is 0 Å². The topological polar surface area (TPSA) is 61.9 Å². The molecule has 6 heteroatoms. The van der Waals surface area contributed by atoms with E-state index in [0.717, 1.165) is 0 Å². The van der Waals surface area contributed by atoms with E-state index >= 15 is 0 Å². The number of amides is 1. The molecular formula is C12H13FN4O. The van der Waals surface area contributed by atoms with Crippen LogP contribution in [0.3, 0.4) is 0 Å². The van der Waals surface area contributed by atoms with Crippen LogP contribution in [0.5, 0.6) is 0 Å². The fraction of sp³-hybridized carbons (Fsp3) is 0.250. The minimum atomic E-state index is -0.321. The van der Waals surface area contributed by atoms with Gasteiger partial charge in [0.1, 0.15) is 5.82 Å². The van der Waals surface area contributed by atoms with Crippen LogP contribution in [0.1, 0.15) is 16.2 Å². The second-order valence-corrected chi connectivity index (χ2v) is 4.17. The van der Waals surface area contributed by atoms with E-state index < -0.39 is 0 Å². The van der Waals surface area contributed by atoms with Crippen molar-refractivity contribution in [3.63, 3.8) is 0 Å². The Morgan fingerprint density at radius 2 is 2.11 bits per heavy atom. The number of H-pyrrole nitrogens is 1. The third-order valence-corrected chi connectivity index (χ3v) is 2.52. The van der Waals surface area contributed by atoms with Crippen LogP contribution in [0.4, 0.5) is 4.39 Å². The van der Waals surface area contributed by atoms with Crippen LogP contribution in [0.15, 0.2) is 18.2 Å². The van der Waals surface area contributed by atoms with Gasteiger partial charge in [-0.3, -0.25) is 9.89 Å². The number of hydrogen-bond acceptors (Lipinski definition) is 3. The van der Waals surface area contributed by atoms with Gasteiger partial charge in [-0.15, -0.1) is 0 Å². The Kier molecular flexibility index (Phi) is 3.10. The summed E-state index contributed by atoms with van der Waals surface area (Å²) in [5, 5.41) is 6.46. The molecule has 0 radical (unpaired) electrons. The number of aromatic nitrogens is 3. The Morgan fingerprint density at radius 3 is 2.72 bits per heavy atom. The molecule has 0 unspecified atom stereocenters. The van der Waals surface area contributed by atoms with Crippen molar-refractivity contribution in [3.8, 4) is 11.4 Å². The lowest BCUT2D eigenvalue weighted by atomic mass is 10.1. The number of benzene rings is 1. The third-order valence-electron chi connectivity index (χ3n) is 2.52. The van der Waals surface area contributed by atoms with Crippen molar-refractivity contribution in [2.45, 2.75) is 6.92 Å². The monoisotopic (exact) mass is 248 g/mol.